The monoisotopic (exact) mass is 267 g/mol. The van der Waals surface area contributed by atoms with Gasteiger partial charge in [-0.15, -0.1) is 0 Å². The molecule has 6 heteroatoms. The van der Waals surface area contributed by atoms with E-state index in [9.17, 15) is 9.59 Å². The largest absolute Gasteiger partial charge is 0.480 e. The Bertz CT molecular complexity index is 560. The fourth-order valence-corrected chi connectivity index (χ4v) is 1.87. The van der Waals surface area contributed by atoms with E-state index in [0.717, 1.165) is 6.92 Å². The lowest BCUT2D eigenvalue weighted by Gasteiger charge is -2.22. The molecule has 0 unspecified atom stereocenters. The summed E-state index contributed by atoms with van der Waals surface area (Å²) < 4.78 is 0. The summed E-state index contributed by atoms with van der Waals surface area (Å²) in [7, 11) is 0. The second-order valence-corrected chi connectivity index (χ2v) is 4.32. The van der Waals surface area contributed by atoms with E-state index < -0.39 is 17.4 Å². The fraction of sp³-hybridized carbons (Fsp3) is 0.250. The average molecular weight is 268 g/mol. The summed E-state index contributed by atoms with van der Waals surface area (Å²) in [6.07, 6.45) is 0. The number of carbonyl (C=O) groups is 2. The van der Waals surface area contributed by atoms with Crippen LogP contribution in [0.2, 0.25) is 5.02 Å². The highest BCUT2D eigenvalue weighted by molar-refractivity contribution is 6.33. The summed E-state index contributed by atoms with van der Waals surface area (Å²) in [6, 6.07) is 4.52. The Morgan fingerprint density at radius 2 is 1.83 bits per heavy atom. The van der Waals surface area contributed by atoms with Gasteiger partial charge in [-0.1, -0.05) is 17.7 Å². The van der Waals surface area contributed by atoms with Gasteiger partial charge in [0.25, 0.3) is 0 Å². The Morgan fingerprint density at radius 1 is 1.33 bits per heavy atom. The lowest BCUT2D eigenvalue weighted by molar-refractivity contribution is -0.156. The van der Waals surface area contributed by atoms with Crippen molar-refractivity contribution in [3.63, 3.8) is 0 Å². The first-order valence-electron chi connectivity index (χ1n) is 4.93. The van der Waals surface area contributed by atoms with Crippen molar-refractivity contribution in [2.24, 2.45) is 0 Å². The summed E-state index contributed by atoms with van der Waals surface area (Å²) >= 11 is 5.97. The molecule has 1 aromatic rings. The van der Waals surface area contributed by atoms with Gasteiger partial charge in [0.15, 0.2) is 5.41 Å². The maximum atomic E-state index is 11.2. The molecule has 0 spiro atoms. The van der Waals surface area contributed by atoms with Crippen molar-refractivity contribution in [1.82, 2.24) is 0 Å². The van der Waals surface area contributed by atoms with Gasteiger partial charge in [0.1, 0.15) is 0 Å². The number of carboxylic acid groups (broad SMARTS) is 2. The van der Waals surface area contributed by atoms with Crippen LogP contribution in [0, 0.1) is 18.3 Å². The van der Waals surface area contributed by atoms with E-state index in [1.54, 1.807) is 0 Å². The van der Waals surface area contributed by atoms with Crippen molar-refractivity contribution >= 4 is 23.5 Å². The molecule has 0 fully saturated rings. The molecule has 0 aliphatic heterocycles. The van der Waals surface area contributed by atoms with Crippen LogP contribution in [0.25, 0.3) is 0 Å². The van der Waals surface area contributed by atoms with Crippen LogP contribution in [0.1, 0.15) is 23.6 Å². The third-order valence-electron chi connectivity index (χ3n) is 2.90. The number of nitriles is 1. The average Bonchev–Trinajstić information content (AvgIpc) is 2.31. The Kier molecular flexibility index (Phi) is 3.63. The highest BCUT2D eigenvalue weighted by atomic mass is 35.5. The maximum Gasteiger partial charge on any atom is 0.325 e. The molecule has 0 radical (unpaired) electrons. The summed E-state index contributed by atoms with van der Waals surface area (Å²) in [5, 5.41) is 27.0. The van der Waals surface area contributed by atoms with E-state index in [1.807, 2.05) is 6.07 Å². The number of rotatable bonds is 3. The minimum absolute atomic E-state index is 0.0126. The molecule has 0 aliphatic carbocycles. The van der Waals surface area contributed by atoms with Gasteiger partial charge in [0.2, 0.25) is 0 Å². The third kappa shape index (κ3) is 1.91. The van der Waals surface area contributed by atoms with Gasteiger partial charge in [-0.25, -0.2) is 0 Å². The second kappa shape index (κ2) is 4.67. The zero-order chi connectivity index (χ0) is 14.1. The number of carboxylic acids is 2. The van der Waals surface area contributed by atoms with Crippen LogP contribution >= 0.6 is 11.6 Å². The molecule has 0 heterocycles. The summed E-state index contributed by atoms with van der Waals surface area (Å²) in [5.74, 6) is -3.03. The molecule has 0 atom stereocenters. The lowest BCUT2D eigenvalue weighted by Crippen LogP contribution is -2.41. The molecular weight excluding hydrogens is 258 g/mol. The van der Waals surface area contributed by atoms with Crippen LogP contribution in [0.3, 0.4) is 0 Å². The predicted octanol–water partition coefficient (Wildman–Crippen LogP) is 1.95. The normalized spacial score (nSPS) is 10.8. The van der Waals surface area contributed by atoms with Crippen LogP contribution in [0.15, 0.2) is 12.1 Å². The first-order chi connectivity index (χ1) is 8.26. The van der Waals surface area contributed by atoms with Gasteiger partial charge in [0, 0.05) is 5.02 Å². The fourth-order valence-electron chi connectivity index (χ4n) is 1.51. The van der Waals surface area contributed by atoms with Gasteiger partial charge in [-0.05, 0) is 31.0 Å². The van der Waals surface area contributed by atoms with Crippen molar-refractivity contribution < 1.29 is 19.8 Å². The molecule has 0 amide bonds. The van der Waals surface area contributed by atoms with E-state index in [1.165, 1.54) is 19.1 Å². The number of halogens is 1. The SMILES string of the molecule is Cc1c(C#N)ccc(C(C)(C(=O)O)C(=O)O)c1Cl. The second-order valence-electron chi connectivity index (χ2n) is 3.95. The molecule has 94 valence electrons. The molecule has 18 heavy (non-hydrogen) atoms. The van der Waals surface area contributed by atoms with Crippen LogP contribution in [0.5, 0.6) is 0 Å². The van der Waals surface area contributed by atoms with Crippen LogP contribution in [0.4, 0.5) is 0 Å². The Labute approximate surface area is 108 Å². The standard InChI is InChI=1S/C12H10ClNO4/c1-6-7(5-14)3-4-8(9(6)13)12(2,10(15)16)11(17)18/h3-4H,1-2H3,(H,15,16)(H,17,18). The molecule has 1 aromatic carbocycles. The first kappa shape index (κ1) is 14.0. The number of benzene rings is 1. The Morgan fingerprint density at radius 3 is 2.22 bits per heavy atom. The summed E-state index contributed by atoms with van der Waals surface area (Å²) in [6.45, 7) is 2.60. The number of aliphatic carboxylic acids is 2. The topological polar surface area (TPSA) is 98.4 Å². The quantitative estimate of drug-likeness (QED) is 0.816. The van der Waals surface area contributed by atoms with Crippen LogP contribution < -0.4 is 0 Å². The van der Waals surface area contributed by atoms with E-state index in [2.05, 4.69) is 0 Å². The number of nitrogens with zero attached hydrogens (tertiary/aromatic N) is 1. The maximum absolute atomic E-state index is 11.2. The number of hydrogen-bond acceptors (Lipinski definition) is 3. The molecule has 0 aliphatic rings. The van der Waals surface area contributed by atoms with Crippen molar-refractivity contribution in [3.05, 3.63) is 33.8 Å². The van der Waals surface area contributed by atoms with Crippen LogP contribution in [-0.2, 0) is 15.0 Å². The molecule has 0 bridgehead atoms. The number of hydrogen-bond donors (Lipinski definition) is 2. The Balaban J connectivity index is 3.61. The highest BCUT2D eigenvalue weighted by Crippen LogP contribution is 2.34. The molecule has 0 aromatic heterocycles. The molecule has 2 N–H and O–H groups in total. The predicted molar refractivity (Wildman–Crippen MR) is 63.5 cm³/mol. The van der Waals surface area contributed by atoms with Gasteiger partial charge in [-0.3, -0.25) is 9.59 Å². The van der Waals surface area contributed by atoms with Crippen LogP contribution in [-0.4, -0.2) is 22.2 Å². The van der Waals surface area contributed by atoms with Crippen molar-refractivity contribution in [2.45, 2.75) is 19.3 Å². The van der Waals surface area contributed by atoms with Gasteiger partial charge >= 0.3 is 11.9 Å². The molecule has 0 saturated carbocycles. The highest BCUT2D eigenvalue weighted by Gasteiger charge is 2.45. The summed E-state index contributed by atoms with van der Waals surface area (Å²) in [4.78, 5) is 22.4. The molecule has 5 nitrogen and oxygen atoms in total. The summed E-state index contributed by atoms with van der Waals surface area (Å²) in [5.41, 5.74) is -1.54. The zero-order valence-corrected chi connectivity index (χ0v) is 10.4. The minimum Gasteiger partial charge on any atom is -0.480 e. The lowest BCUT2D eigenvalue weighted by atomic mass is 9.81. The van der Waals surface area contributed by atoms with Crippen molar-refractivity contribution in [3.8, 4) is 6.07 Å². The zero-order valence-electron chi connectivity index (χ0n) is 9.69. The van der Waals surface area contributed by atoms with E-state index in [0.29, 0.717) is 5.56 Å². The van der Waals surface area contributed by atoms with Gasteiger partial charge < -0.3 is 10.2 Å². The van der Waals surface area contributed by atoms with Crippen molar-refractivity contribution in [1.29, 1.82) is 5.26 Å². The Hall–Kier alpha value is -2.06. The van der Waals surface area contributed by atoms with E-state index in [-0.39, 0.29) is 16.1 Å². The molecule has 1 rings (SSSR count). The van der Waals surface area contributed by atoms with Gasteiger partial charge in [0.05, 0.1) is 11.6 Å². The molecular formula is C12H10ClNO4. The third-order valence-corrected chi connectivity index (χ3v) is 3.39. The first-order valence-corrected chi connectivity index (χ1v) is 5.31. The minimum atomic E-state index is -2.14. The van der Waals surface area contributed by atoms with Gasteiger partial charge in [-0.2, -0.15) is 5.26 Å². The van der Waals surface area contributed by atoms with E-state index in [4.69, 9.17) is 27.1 Å². The van der Waals surface area contributed by atoms with E-state index >= 15 is 0 Å². The molecule has 0 saturated heterocycles. The van der Waals surface area contributed by atoms with Crippen molar-refractivity contribution in [2.75, 3.05) is 0 Å². The smallest absolute Gasteiger partial charge is 0.325 e.